The third-order valence-electron chi connectivity index (χ3n) is 2.76. The molecule has 2 aromatic rings. The summed E-state index contributed by atoms with van der Waals surface area (Å²) >= 11 is 4.52. The molecule has 116 valence electrons. The molecule has 0 unspecified atom stereocenters. The minimum atomic E-state index is -0.504. The largest absolute Gasteiger partial charge is 0.497 e. The van der Waals surface area contributed by atoms with Crippen molar-refractivity contribution < 1.29 is 19.1 Å². The summed E-state index contributed by atoms with van der Waals surface area (Å²) < 4.78 is 10.8. The van der Waals surface area contributed by atoms with Gasteiger partial charge in [0.1, 0.15) is 10.6 Å². The number of benzene rings is 1. The van der Waals surface area contributed by atoms with Crippen molar-refractivity contribution >= 4 is 39.1 Å². The maximum atomic E-state index is 11.7. The Labute approximate surface area is 140 Å². The van der Waals surface area contributed by atoms with Crippen molar-refractivity contribution in [3.8, 4) is 5.75 Å². The number of nitrogens with one attached hydrogen (secondary N) is 1. The fourth-order valence-electron chi connectivity index (χ4n) is 1.62. The van der Waals surface area contributed by atoms with Crippen LogP contribution in [0.5, 0.6) is 5.75 Å². The van der Waals surface area contributed by atoms with Gasteiger partial charge in [0.15, 0.2) is 6.61 Å². The van der Waals surface area contributed by atoms with Gasteiger partial charge in [-0.05, 0) is 45.8 Å². The summed E-state index contributed by atoms with van der Waals surface area (Å²) in [6.45, 7) is 0.0649. The Hall–Kier alpha value is -1.86. The molecule has 22 heavy (non-hydrogen) atoms. The Morgan fingerprint density at radius 2 is 1.91 bits per heavy atom. The van der Waals surface area contributed by atoms with Gasteiger partial charge in [0.2, 0.25) is 0 Å². The topological polar surface area (TPSA) is 64.6 Å². The smallest absolute Gasteiger partial charge is 0.348 e. The van der Waals surface area contributed by atoms with Crippen LogP contribution in [0.4, 0.5) is 0 Å². The molecule has 0 saturated heterocycles. The molecule has 5 nitrogen and oxygen atoms in total. The van der Waals surface area contributed by atoms with Crippen molar-refractivity contribution in [3.05, 3.63) is 50.6 Å². The minimum Gasteiger partial charge on any atom is -0.497 e. The number of esters is 1. The third kappa shape index (κ3) is 4.85. The summed E-state index contributed by atoms with van der Waals surface area (Å²) in [7, 11) is 1.59. The van der Waals surface area contributed by atoms with Gasteiger partial charge in [0, 0.05) is 6.54 Å². The van der Waals surface area contributed by atoms with E-state index in [9.17, 15) is 9.59 Å². The standard InChI is InChI=1S/C15H14BrNO4S/c1-20-11-4-2-10(3-5-11)8-17-14(18)9-21-15(19)12-6-7-13(16)22-12/h2-7H,8-9H2,1H3,(H,17,18). The highest BCUT2D eigenvalue weighted by Gasteiger charge is 2.12. The van der Waals surface area contributed by atoms with E-state index in [1.54, 1.807) is 19.2 Å². The number of carbonyl (C=O) groups excluding carboxylic acids is 2. The fraction of sp³-hybridized carbons (Fsp3) is 0.200. The summed E-state index contributed by atoms with van der Waals surface area (Å²) in [5.74, 6) is -0.0961. The van der Waals surface area contributed by atoms with Gasteiger partial charge in [-0.3, -0.25) is 4.79 Å². The number of amides is 1. The lowest BCUT2D eigenvalue weighted by atomic mass is 10.2. The van der Waals surface area contributed by atoms with Crippen LogP contribution in [0.2, 0.25) is 0 Å². The van der Waals surface area contributed by atoms with E-state index < -0.39 is 5.97 Å². The molecule has 0 bridgehead atoms. The van der Waals surface area contributed by atoms with E-state index in [4.69, 9.17) is 9.47 Å². The van der Waals surface area contributed by atoms with E-state index in [-0.39, 0.29) is 12.5 Å². The Morgan fingerprint density at radius 1 is 1.18 bits per heavy atom. The van der Waals surface area contributed by atoms with Gasteiger partial charge in [-0.2, -0.15) is 0 Å². The average molecular weight is 384 g/mol. The Morgan fingerprint density at radius 3 is 2.50 bits per heavy atom. The van der Waals surface area contributed by atoms with Crippen molar-refractivity contribution in [3.63, 3.8) is 0 Å². The monoisotopic (exact) mass is 383 g/mol. The minimum absolute atomic E-state index is 0.301. The number of thiophene rings is 1. The van der Waals surface area contributed by atoms with Crippen LogP contribution in [-0.4, -0.2) is 25.6 Å². The maximum absolute atomic E-state index is 11.7. The van der Waals surface area contributed by atoms with Gasteiger partial charge >= 0.3 is 5.97 Å². The van der Waals surface area contributed by atoms with Crippen LogP contribution in [0, 0.1) is 0 Å². The Balaban J connectivity index is 1.74. The van der Waals surface area contributed by atoms with E-state index in [1.807, 2.05) is 24.3 Å². The number of hydrogen-bond donors (Lipinski definition) is 1. The summed E-state index contributed by atoms with van der Waals surface area (Å²) in [6.07, 6.45) is 0. The summed E-state index contributed by atoms with van der Waals surface area (Å²) in [4.78, 5) is 23.8. The molecular weight excluding hydrogens is 370 g/mol. The van der Waals surface area contributed by atoms with Gasteiger partial charge in [-0.1, -0.05) is 12.1 Å². The molecule has 0 radical (unpaired) electrons. The first-order valence-electron chi connectivity index (χ1n) is 6.40. The Bertz CT molecular complexity index is 654. The first-order chi connectivity index (χ1) is 10.6. The van der Waals surface area contributed by atoms with Crippen LogP contribution in [0.25, 0.3) is 0 Å². The first-order valence-corrected chi connectivity index (χ1v) is 8.01. The molecule has 1 N–H and O–H groups in total. The van der Waals surface area contributed by atoms with Crippen molar-refractivity contribution in [1.29, 1.82) is 0 Å². The first kappa shape index (κ1) is 16.5. The zero-order valence-corrected chi connectivity index (χ0v) is 14.2. The predicted molar refractivity (Wildman–Crippen MR) is 87.1 cm³/mol. The fourth-order valence-corrected chi connectivity index (χ4v) is 2.90. The van der Waals surface area contributed by atoms with Crippen molar-refractivity contribution in [2.75, 3.05) is 13.7 Å². The number of carbonyl (C=O) groups is 2. The second kappa shape index (κ2) is 7.95. The summed E-state index contributed by atoms with van der Waals surface area (Å²) in [6, 6.07) is 10.7. The molecule has 2 rings (SSSR count). The zero-order valence-electron chi connectivity index (χ0n) is 11.8. The molecule has 1 aromatic heterocycles. The molecule has 1 heterocycles. The van der Waals surface area contributed by atoms with Crippen LogP contribution in [0.15, 0.2) is 40.2 Å². The second-order valence-electron chi connectivity index (χ2n) is 4.30. The van der Waals surface area contributed by atoms with Gasteiger partial charge in [0.25, 0.3) is 5.91 Å². The van der Waals surface area contributed by atoms with E-state index in [0.717, 1.165) is 15.1 Å². The SMILES string of the molecule is COc1ccc(CNC(=O)COC(=O)c2ccc(Br)s2)cc1. The van der Waals surface area contributed by atoms with E-state index in [2.05, 4.69) is 21.2 Å². The highest BCUT2D eigenvalue weighted by molar-refractivity contribution is 9.11. The molecule has 0 atom stereocenters. The molecule has 0 aliphatic rings. The predicted octanol–water partition coefficient (Wildman–Crippen LogP) is 2.99. The average Bonchev–Trinajstić information content (AvgIpc) is 2.97. The van der Waals surface area contributed by atoms with Crippen LogP contribution < -0.4 is 10.1 Å². The molecule has 0 aliphatic carbocycles. The molecule has 0 spiro atoms. The number of rotatable bonds is 6. The lowest BCUT2D eigenvalue weighted by molar-refractivity contribution is -0.124. The highest BCUT2D eigenvalue weighted by atomic mass is 79.9. The molecule has 0 fully saturated rings. The molecule has 0 aliphatic heterocycles. The van der Waals surface area contributed by atoms with Gasteiger partial charge in [-0.25, -0.2) is 4.79 Å². The van der Waals surface area contributed by atoms with E-state index in [1.165, 1.54) is 11.3 Å². The third-order valence-corrected chi connectivity index (χ3v) is 4.36. The zero-order chi connectivity index (χ0) is 15.9. The van der Waals surface area contributed by atoms with Gasteiger partial charge in [0.05, 0.1) is 10.9 Å². The quantitative estimate of drug-likeness (QED) is 0.778. The molecule has 7 heteroatoms. The van der Waals surface area contributed by atoms with Gasteiger partial charge < -0.3 is 14.8 Å². The maximum Gasteiger partial charge on any atom is 0.348 e. The molecular formula is C15H14BrNO4S. The molecule has 0 saturated carbocycles. The molecule has 1 amide bonds. The number of hydrogen-bond acceptors (Lipinski definition) is 5. The van der Waals surface area contributed by atoms with Crippen LogP contribution >= 0.6 is 27.3 Å². The number of methoxy groups -OCH3 is 1. The van der Waals surface area contributed by atoms with Crippen molar-refractivity contribution in [2.24, 2.45) is 0 Å². The van der Waals surface area contributed by atoms with Crippen molar-refractivity contribution in [2.45, 2.75) is 6.54 Å². The normalized spacial score (nSPS) is 10.1. The summed E-state index contributed by atoms with van der Waals surface area (Å²) in [5, 5.41) is 2.69. The van der Waals surface area contributed by atoms with E-state index >= 15 is 0 Å². The number of halogens is 1. The lowest BCUT2D eigenvalue weighted by Gasteiger charge is -2.07. The lowest BCUT2D eigenvalue weighted by Crippen LogP contribution is -2.28. The Kier molecular flexibility index (Phi) is 5.97. The van der Waals surface area contributed by atoms with Crippen LogP contribution in [-0.2, 0) is 16.1 Å². The van der Waals surface area contributed by atoms with Crippen molar-refractivity contribution in [1.82, 2.24) is 5.32 Å². The van der Waals surface area contributed by atoms with Crippen LogP contribution in [0.1, 0.15) is 15.2 Å². The molecule has 1 aromatic carbocycles. The summed E-state index contributed by atoms with van der Waals surface area (Å²) in [5.41, 5.74) is 0.933. The number of ether oxygens (including phenoxy) is 2. The van der Waals surface area contributed by atoms with Crippen LogP contribution in [0.3, 0.4) is 0 Å². The van der Waals surface area contributed by atoms with Gasteiger partial charge in [-0.15, -0.1) is 11.3 Å². The second-order valence-corrected chi connectivity index (χ2v) is 6.77. The highest BCUT2D eigenvalue weighted by Crippen LogP contribution is 2.22. The van der Waals surface area contributed by atoms with E-state index in [0.29, 0.717) is 11.4 Å².